The van der Waals surface area contributed by atoms with E-state index in [1.54, 1.807) is 19.5 Å². The summed E-state index contributed by atoms with van der Waals surface area (Å²) in [6.45, 7) is 5.04. The van der Waals surface area contributed by atoms with E-state index in [1.165, 1.54) is 6.33 Å². The quantitative estimate of drug-likeness (QED) is 0.832. The zero-order valence-electron chi connectivity index (χ0n) is 14.6. The van der Waals surface area contributed by atoms with E-state index in [2.05, 4.69) is 14.9 Å². The predicted molar refractivity (Wildman–Crippen MR) is 96.3 cm³/mol. The highest BCUT2D eigenvalue weighted by molar-refractivity contribution is 6.00. The number of nitrogens with zero attached hydrogens (tertiary/aromatic N) is 4. The molecule has 6 heteroatoms. The molecule has 1 amide bonds. The fourth-order valence-corrected chi connectivity index (χ4v) is 3.15. The smallest absolute Gasteiger partial charge is 0.254 e. The van der Waals surface area contributed by atoms with Gasteiger partial charge in [0.1, 0.15) is 6.33 Å². The SMILES string of the molecule is COCCN1CCCN(C(=O)c2ccccc2-c2cncnc2)CC1. The minimum Gasteiger partial charge on any atom is -0.383 e. The van der Waals surface area contributed by atoms with Gasteiger partial charge in [0.05, 0.1) is 6.61 Å². The van der Waals surface area contributed by atoms with Gasteiger partial charge in [0.2, 0.25) is 0 Å². The summed E-state index contributed by atoms with van der Waals surface area (Å²) in [7, 11) is 1.72. The largest absolute Gasteiger partial charge is 0.383 e. The van der Waals surface area contributed by atoms with Crippen molar-refractivity contribution in [2.45, 2.75) is 6.42 Å². The summed E-state index contributed by atoms with van der Waals surface area (Å²) in [6, 6.07) is 7.68. The van der Waals surface area contributed by atoms with Crippen molar-refractivity contribution in [3.05, 3.63) is 48.5 Å². The average Bonchev–Trinajstić information content (AvgIpc) is 2.92. The highest BCUT2D eigenvalue weighted by Crippen LogP contribution is 2.23. The van der Waals surface area contributed by atoms with Crippen LogP contribution in [0, 0.1) is 0 Å². The summed E-state index contributed by atoms with van der Waals surface area (Å²) in [5.41, 5.74) is 2.46. The molecule has 0 radical (unpaired) electrons. The maximum atomic E-state index is 13.1. The van der Waals surface area contributed by atoms with Crippen molar-refractivity contribution in [3.63, 3.8) is 0 Å². The monoisotopic (exact) mass is 340 g/mol. The van der Waals surface area contributed by atoms with Crippen molar-refractivity contribution >= 4 is 5.91 Å². The van der Waals surface area contributed by atoms with Gasteiger partial charge in [-0.2, -0.15) is 0 Å². The molecule has 0 atom stereocenters. The zero-order chi connectivity index (χ0) is 17.5. The summed E-state index contributed by atoms with van der Waals surface area (Å²) in [4.78, 5) is 25.6. The van der Waals surface area contributed by atoms with Crippen LogP contribution in [0.1, 0.15) is 16.8 Å². The molecule has 0 saturated carbocycles. The van der Waals surface area contributed by atoms with E-state index >= 15 is 0 Å². The highest BCUT2D eigenvalue weighted by Gasteiger charge is 2.22. The van der Waals surface area contributed by atoms with Crippen molar-refractivity contribution in [1.29, 1.82) is 0 Å². The first-order chi connectivity index (χ1) is 12.3. The molecule has 2 heterocycles. The van der Waals surface area contributed by atoms with E-state index in [0.717, 1.165) is 56.9 Å². The minimum atomic E-state index is 0.0769. The Bertz CT molecular complexity index is 693. The van der Waals surface area contributed by atoms with Crippen LogP contribution in [0.2, 0.25) is 0 Å². The van der Waals surface area contributed by atoms with Gasteiger partial charge in [-0.05, 0) is 24.6 Å². The third-order valence-corrected chi connectivity index (χ3v) is 4.52. The van der Waals surface area contributed by atoms with Gasteiger partial charge in [-0.15, -0.1) is 0 Å². The van der Waals surface area contributed by atoms with E-state index in [4.69, 9.17) is 4.74 Å². The fraction of sp³-hybridized carbons (Fsp3) is 0.421. The Morgan fingerprint density at radius 2 is 1.92 bits per heavy atom. The molecule has 0 spiro atoms. The number of amides is 1. The molecule has 0 bridgehead atoms. The first-order valence-corrected chi connectivity index (χ1v) is 8.64. The Morgan fingerprint density at radius 3 is 2.72 bits per heavy atom. The number of benzene rings is 1. The van der Waals surface area contributed by atoms with Gasteiger partial charge in [-0.3, -0.25) is 9.69 Å². The minimum absolute atomic E-state index is 0.0769. The number of rotatable bonds is 5. The van der Waals surface area contributed by atoms with Gasteiger partial charge in [0, 0.05) is 56.8 Å². The first-order valence-electron chi connectivity index (χ1n) is 8.64. The second-order valence-corrected chi connectivity index (χ2v) is 6.15. The van der Waals surface area contributed by atoms with Crippen LogP contribution >= 0.6 is 0 Å². The molecule has 1 aromatic carbocycles. The summed E-state index contributed by atoms with van der Waals surface area (Å²) in [5.74, 6) is 0.0769. The van der Waals surface area contributed by atoms with Crippen LogP contribution < -0.4 is 0 Å². The molecule has 1 fully saturated rings. The van der Waals surface area contributed by atoms with E-state index in [-0.39, 0.29) is 5.91 Å². The Balaban J connectivity index is 1.75. The standard InChI is InChI=1S/C19H24N4O2/c1-25-12-11-22-7-4-8-23(10-9-22)19(24)18-6-3-2-5-17(18)16-13-20-15-21-14-16/h2-3,5-6,13-15H,4,7-12H2,1H3. The third-order valence-electron chi connectivity index (χ3n) is 4.52. The van der Waals surface area contributed by atoms with Crippen LogP contribution in [0.5, 0.6) is 0 Å². The van der Waals surface area contributed by atoms with Gasteiger partial charge in [-0.25, -0.2) is 9.97 Å². The summed E-state index contributed by atoms with van der Waals surface area (Å²) < 4.78 is 5.16. The maximum absolute atomic E-state index is 13.1. The lowest BCUT2D eigenvalue weighted by Gasteiger charge is -2.23. The summed E-state index contributed by atoms with van der Waals surface area (Å²) >= 11 is 0. The van der Waals surface area contributed by atoms with Crippen molar-refractivity contribution in [1.82, 2.24) is 19.8 Å². The lowest BCUT2D eigenvalue weighted by molar-refractivity contribution is 0.0760. The van der Waals surface area contributed by atoms with E-state index in [1.807, 2.05) is 29.2 Å². The molecule has 3 rings (SSSR count). The molecule has 0 aliphatic carbocycles. The van der Waals surface area contributed by atoms with Gasteiger partial charge < -0.3 is 9.64 Å². The normalized spacial score (nSPS) is 15.8. The van der Waals surface area contributed by atoms with E-state index < -0.39 is 0 Å². The Morgan fingerprint density at radius 1 is 1.12 bits per heavy atom. The van der Waals surface area contributed by atoms with Gasteiger partial charge in [0.25, 0.3) is 5.91 Å². The van der Waals surface area contributed by atoms with Crippen molar-refractivity contribution < 1.29 is 9.53 Å². The molecular weight excluding hydrogens is 316 g/mol. The topological polar surface area (TPSA) is 58.6 Å². The van der Waals surface area contributed by atoms with E-state index in [9.17, 15) is 4.79 Å². The molecule has 6 nitrogen and oxygen atoms in total. The van der Waals surface area contributed by atoms with Gasteiger partial charge in [0.15, 0.2) is 0 Å². The number of carbonyl (C=O) groups is 1. The molecule has 1 aliphatic rings. The van der Waals surface area contributed by atoms with Crippen LogP contribution in [0.4, 0.5) is 0 Å². The summed E-state index contributed by atoms with van der Waals surface area (Å²) in [6.07, 6.45) is 5.96. The lowest BCUT2D eigenvalue weighted by atomic mass is 10.0. The number of hydrogen-bond donors (Lipinski definition) is 0. The van der Waals surface area contributed by atoms with Crippen LogP contribution in [0.25, 0.3) is 11.1 Å². The van der Waals surface area contributed by atoms with Crippen LogP contribution in [0.15, 0.2) is 43.0 Å². The molecule has 1 aliphatic heterocycles. The Hall–Kier alpha value is -2.31. The molecular formula is C19H24N4O2. The second-order valence-electron chi connectivity index (χ2n) is 6.15. The predicted octanol–water partition coefficient (Wildman–Crippen LogP) is 1.94. The van der Waals surface area contributed by atoms with Gasteiger partial charge >= 0.3 is 0 Å². The van der Waals surface area contributed by atoms with Crippen molar-refractivity contribution in [2.24, 2.45) is 0 Å². The zero-order valence-corrected chi connectivity index (χ0v) is 14.6. The number of carbonyl (C=O) groups excluding carboxylic acids is 1. The lowest BCUT2D eigenvalue weighted by Crippen LogP contribution is -2.36. The Labute approximate surface area is 148 Å². The molecule has 132 valence electrons. The van der Waals surface area contributed by atoms with Gasteiger partial charge in [-0.1, -0.05) is 18.2 Å². The molecule has 0 N–H and O–H groups in total. The van der Waals surface area contributed by atoms with Crippen molar-refractivity contribution in [2.75, 3.05) is 46.4 Å². The molecule has 1 aromatic heterocycles. The first kappa shape index (κ1) is 17.5. The second kappa shape index (κ2) is 8.69. The average molecular weight is 340 g/mol. The maximum Gasteiger partial charge on any atom is 0.254 e. The molecule has 1 saturated heterocycles. The van der Waals surface area contributed by atoms with E-state index in [0.29, 0.717) is 5.56 Å². The number of methoxy groups -OCH3 is 1. The molecule has 25 heavy (non-hydrogen) atoms. The third kappa shape index (κ3) is 4.41. The van der Waals surface area contributed by atoms with Crippen LogP contribution in [-0.4, -0.2) is 72.1 Å². The fourth-order valence-electron chi connectivity index (χ4n) is 3.15. The molecule has 2 aromatic rings. The van der Waals surface area contributed by atoms with Crippen LogP contribution in [-0.2, 0) is 4.74 Å². The Kier molecular flexibility index (Phi) is 6.09. The summed E-state index contributed by atoms with van der Waals surface area (Å²) in [5, 5.41) is 0. The highest BCUT2D eigenvalue weighted by atomic mass is 16.5. The number of hydrogen-bond acceptors (Lipinski definition) is 5. The molecule has 0 unspecified atom stereocenters. The van der Waals surface area contributed by atoms with Crippen molar-refractivity contribution in [3.8, 4) is 11.1 Å². The number of ether oxygens (including phenoxy) is 1. The van der Waals surface area contributed by atoms with Crippen LogP contribution in [0.3, 0.4) is 0 Å². The number of aromatic nitrogens is 2.